The average molecular weight is 525 g/mol. The fraction of sp³-hybridized carbons (Fsp3) is 0.609. The number of hydrogen-bond acceptors (Lipinski definition) is 0. The van der Waals surface area contributed by atoms with Crippen LogP contribution in [-0.2, 0) is 25.8 Å². The van der Waals surface area contributed by atoms with E-state index < -0.39 is 0 Å². The van der Waals surface area contributed by atoms with Gasteiger partial charge in [0.1, 0.15) is 0 Å². The van der Waals surface area contributed by atoms with Gasteiger partial charge in [0.25, 0.3) is 0 Å². The molecule has 0 aromatic rings. The van der Waals surface area contributed by atoms with Gasteiger partial charge in [-0.25, -0.2) is 12.2 Å². The molecule has 0 unspecified atom stereocenters. The smallest absolute Gasteiger partial charge is 0.662 e. The molecule has 0 radical (unpaired) electrons. The minimum absolute atomic E-state index is 0. The van der Waals surface area contributed by atoms with E-state index in [4.69, 9.17) is 0 Å². The zero-order chi connectivity index (χ0) is 19.4. The minimum Gasteiger partial charge on any atom is -0.662 e. The van der Waals surface area contributed by atoms with Gasteiger partial charge >= 0.3 is 25.8 Å². The third kappa shape index (κ3) is 49.6. The molecule has 148 valence electrons. The first kappa shape index (κ1) is 33.3. The van der Waals surface area contributed by atoms with Crippen LogP contribution in [0.5, 0.6) is 0 Å². The van der Waals surface area contributed by atoms with Gasteiger partial charge in [-0.15, -0.1) is 32.7 Å². The SMILES string of the molecule is C=CCCC[N-]CC.C=CCCC[N-]CC.[C-]1=CC=CC1.[CH2-]CCC.[Hf+4]. The molecule has 3 heteroatoms. The second-order valence-corrected chi connectivity index (χ2v) is 5.25. The molecule has 0 aromatic heterocycles. The van der Waals surface area contributed by atoms with Gasteiger partial charge in [0.05, 0.1) is 0 Å². The van der Waals surface area contributed by atoms with Gasteiger partial charge in [0.2, 0.25) is 0 Å². The van der Waals surface area contributed by atoms with Crippen molar-refractivity contribution in [2.75, 3.05) is 26.2 Å². The maximum Gasteiger partial charge on any atom is 4.00 e. The number of rotatable bonds is 11. The van der Waals surface area contributed by atoms with Gasteiger partial charge in [-0.3, -0.25) is 6.08 Å². The summed E-state index contributed by atoms with van der Waals surface area (Å²) in [4.78, 5) is 0. The maximum absolute atomic E-state index is 4.16. The van der Waals surface area contributed by atoms with E-state index >= 15 is 0 Å². The van der Waals surface area contributed by atoms with E-state index in [0.29, 0.717) is 0 Å². The Hall–Kier alpha value is -0.250. The van der Waals surface area contributed by atoms with Crippen molar-refractivity contribution in [3.05, 3.63) is 67.2 Å². The van der Waals surface area contributed by atoms with Crippen molar-refractivity contribution in [2.45, 2.75) is 65.7 Å². The van der Waals surface area contributed by atoms with Crippen molar-refractivity contribution < 1.29 is 25.8 Å². The van der Waals surface area contributed by atoms with Gasteiger partial charge in [-0.2, -0.15) is 25.6 Å². The van der Waals surface area contributed by atoms with Gasteiger partial charge < -0.3 is 17.6 Å². The molecule has 1 aliphatic carbocycles. The molecule has 0 bridgehead atoms. The Labute approximate surface area is 184 Å². The summed E-state index contributed by atoms with van der Waals surface area (Å²) in [6.45, 7) is 21.0. The van der Waals surface area contributed by atoms with Crippen LogP contribution in [0.3, 0.4) is 0 Å². The molecular weight excluding hydrogens is 483 g/mol. The first-order valence-electron chi connectivity index (χ1n) is 9.74. The Balaban J connectivity index is -0.000000127. The molecule has 1 rings (SSSR count). The van der Waals surface area contributed by atoms with E-state index in [0.717, 1.165) is 64.7 Å². The summed E-state index contributed by atoms with van der Waals surface area (Å²) < 4.78 is 0. The molecule has 0 fully saturated rings. The quantitative estimate of drug-likeness (QED) is 0.115. The normalized spacial score (nSPS) is 10.2. The standard InChI is InChI=1S/2C7H14N.C5H5.C4H9.Hf/c2*1-3-5-6-7-8-4-2;1-2-4-5-3-1;1-3-4-2;/h2*3H,1,4-7H2,2H3;1-3H,4H2;1,3-4H2,2H3;/q4*-1;+4. The molecule has 1 aliphatic rings. The van der Waals surface area contributed by atoms with Crippen LogP contribution in [0, 0.1) is 13.0 Å². The van der Waals surface area contributed by atoms with Gasteiger partial charge in [-0.1, -0.05) is 52.2 Å². The van der Waals surface area contributed by atoms with Crippen LogP contribution >= 0.6 is 0 Å². The number of hydrogen-bond donors (Lipinski definition) is 0. The summed E-state index contributed by atoms with van der Waals surface area (Å²) >= 11 is 0. The number of allylic oxidation sites excluding steroid dienone is 6. The van der Waals surface area contributed by atoms with Crippen molar-refractivity contribution in [1.29, 1.82) is 0 Å². The number of nitrogens with zero attached hydrogens (tertiary/aromatic N) is 2. The molecule has 0 aromatic carbocycles. The Kier molecular flexibility index (Phi) is 50.9. The summed E-state index contributed by atoms with van der Waals surface area (Å²) in [5.41, 5.74) is 0. The molecule has 0 aliphatic heterocycles. The van der Waals surface area contributed by atoms with Crippen molar-refractivity contribution in [2.24, 2.45) is 0 Å². The van der Waals surface area contributed by atoms with E-state index in [1.165, 1.54) is 6.42 Å². The molecule has 0 saturated heterocycles. The molecular formula is C23H42HfN2. The van der Waals surface area contributed by atoms with E-state index in [-0.39, 0.29) is 25.8 Å². The van der Waals surface area contributed by atoms with Crippen molar-refractivity contribution in [1.82, 2.24) is 0 Å². The van der Waals surface area contributed by atoms with Crippen LogP contribution in [0.1, 0.15) is 65.7 Å². The summed E-state index contributed by atoms with van der Waals surface area (Å²) in [7, 11) is 0. The van der Waals surface area contributed by atoms with Crippen LogP contribution in [0.2, 0.25) is 0 Å². The fourth-order valence-corrected chi connectivity index (χ4v) is 1.35. The van der Waals surface area contributed by atoms with E-state index in [1.807, 2.05) is 24.3 Å². The Bertz CT molecular complexity index is 258. The second-order valence-electron chi connectivity index (χ2n) is 5.25. The molecule has 0 amide bonds. The Morgan fingerprint density at radius 2 is 1.46 bits per heavy atom. The summed E-state index contributed by atoms with van der Waals surface area (Å²) in [6, 6.07) is 0. The van der Waals surface area contributed by atoms with Crippen LogP contribution < -0.4 is 0 Å². The second kappa shape index (κ2) is 39.7. The molecule has 0 N–H and O–H groups in total. The Morgan fingerprint density at radius 1 is 1.00 bits per heavy atom. The fourth-order valence-electron chi connectivity index (χ4n) is 1.35. The van der Waals surface area contributed by atoms with E-state index in [2.05, 4.69) is 63.6 Å². The summed E-state index contributed by atoms with van der Waals surface area (Å²) in [5, 5.41) is 8.32. The maximum atomic E-state index is 4.16. The summed E-state index contributed by atoms with van der Waals surface area (Å²) in [6.07, 6.45) is 20.7. The summed E-state index contributed by atoms with van der Waals surface area (Å²) in [5.74, 6) is 0. The zero-order valence-corrected chi connectivity index (χ0v) is 21.3. The predicted octanol–water partition coefficient (Wildman–Crippen LogP) is 7.62. The molecule has 0 heterocycles. The van der Waals surface area contributed by atoms with Crippen LogP contribution in [0.4, 0.5) is 0 Å². The van der Waals surface area contributed by atoms with E-state index in [9.17, 15) is 0 Å². The third-order valence-electron chi connectivity index (χ3n) is 2.84. The van der Waals surface area contributed by atoms with Gasteiger partial charge in [0, 0.05) is 0 Å². The van der Waals surface area contributed by atoms with E-state index in [1.54, 1.807) is 0 Å². The van der Waals surface area contributed by atoms with Gasteiger partial charge in [0.15, 0.2) is 0 Å². The first-order chi connectivity index (χ1) is 12.2. The third-order valence-corrected chi connectivity index (χ3v) is 2.84. The average Bonchev–Trinajstić information content (AvgIpc) is 3.23. The van der Waals surface area contributed by atoms with Crippen LogP contribution in [0.15, 0.2) is 43.5 Å². The largest absolute Gasteiger partial charge is 4.00 e. The number of unbranched alkanes of at least 4 members (excludes halogenated alkanes) is 3. The minimum atomic E-state index is 0. The van der Waals surface area contributed by atoms with Crippen LogP contribution in [0.25, 0.3) is 10.6 Å². The molecule has 0 spiro atoms. The van der Waals surface area contributed by atoms with Crippen molar-refractivity contribution in [3.8, 4) is 0 Å². The van der Waals surface area contributed by atoms with Crippen molar-refractivity contribution >= 4 is 0 Å². The van der Waals surface area contributed by atoms with Gasteiger partial charge in [-0.05, 0) is 12.8 Å². The molecule has 0 saturated carbocycles. The van der Waals surface area contributed by atoms with Crippen molar-refractivity contribution in [3.63, 3.8) is 0 Å². The first-order valence-corrected chi connectivity index (χ1v) is 9.74. The monoisotopic (exact) mass is 526 g/mol. The molecule has 0 atom stereocenters. The molecule has 2 nitrogen and oxygen atoms in total. The predicted molar refractivity (Wildman–Crippen MR) is 118 cm³/mol. The Morgan fingerprint density at radius 3 is 1.65 bits per heavy atom. The topological polar surface area (TPSA) is 28.2 Å². The molecule has 26 heavy (non-hydrogen) atoms. The zero-order valence-electron chi connectivity index (χ0n) is 17.7. The van der Waals surface area contributed by atoms with Crippen LogP contribution in [-0.4, -0.2) is 26.2 Å².